The van der Waals surface area contributed by atoms with Crippen molar-refractivity contribution in [1.82, 2.24) is 24.7 Å². The van der Waals surface area contributed by atoms with Crippen molar-refractivity contribution in [1.29, 1.82) is 0 Å². The zero-order chi connectivity index (χ0) is 13.7. The van der Waals surface area contributed by atoms with Crippen LogP contribution in [0.15, 0.2) is 29.7 Å². The summed E-state index contributed by atoms with van der Waals surface area (Å²) in [6.07, 6.45) is 6.77. The number of H-pyrrole nitrogens is 1. The first kappa shape index (κ1) is 13.7. The fourth-order valence-corrected chi connectivity index (χ4v) is 2.46. The van der Waals surface area contributed by atoms with Crippen LogP contribution in [0.1, 0.15) is 12.0 Å². The Hall–Kier alpha value is -1.71. The highest BCUT2D eigenvalue weighted by Gasteiger charge is 2.16. The molecule has 0 aromatic carbocycles. The van der Waals surface area contributed by atoms with E-state index in [1.54, 1.807) is 17.1 Å². The molecule has 0 unspecified atom stereocenters. The molecule has 0 aliphatic heterocycles. The zero-order valence-electron chi connectivity index (χ0n) is 10.3. The quantitative estimate of drug-likeness (QED) is 0.629. The number of nitrogens with two attached hydrogens (primary N) is 1. The molecule has 19 heavy (non-hydrogen) atoms. The van der Waals surface area contributed by atoms with Gasteiger partial charge in [0, 0.05) is 31.0 Å². The third-order valence-corrected chi connectivity index (χ3v) is 3.89. The molecule has 2 heterocycles. The molecule has 0 fully saturated rings. The Bertz CT molecular complexity index is 604. The molecule has 0 saturated heterocycles. The van der Waals surface area contributed by atoms with Gasteiger partial charge in [0.15, 0.2) is 0 Å². The van der Waals surface area contributed by atoms with E-state index in [0.29, 0.717) is 13.1 Å². The van der Waals surface area contributed by atoms with E-state index in [2.05, 4.69) is 20.0 Å². The van der Waals surface area contributed by atoms with Crippen LogP contribution in [0.2, 0.25) is 0 Å². The Balaban J connectivity index is 2.00. The summed E-state index contributed by atoms with van der Waals surface area (Å²) in [7, 11) is -3.55. The number of nitrogens with one attached hydrogen (secondary N) is 2. The maximum absolute atomic E-state index is 12.0. The van der Waals surface area contributed by atoms with Crippen LogP contribution in [-0.4, -0.2) is 34.9 Å². The molecule has 2 aromatic heterocycles. The summed E-state index contributed by atoms with van der Waals surface area (Å²) in [6, 6.07) is 0. The summed E-state index contributed by atoms with van der Waals surface area (Å²) < 4.78 is 28.0. The molecule has 9 heteroatoms. The topological polar surface area (TPSA) is 119 Å². The van der Waals surface area contributed by atoms with E-state index < -0.39 is 10.0 Å². The Morgan fingerprint density at radius 2 is 2.26 bits per heavy atom. The first-order valence-corrected chi connectivity index (χ1v) is 7.30. The average Bonchev–Trinajstić information content (AvgIpc) is 3.05. The molecule has 2 aromatic rings. The van der Waals surface area contributed by atoms with Gasteiger partial charge >= 0.3 is 0 Å². The number of nitrogens with zero attached hydrogens (tertiary/aromatic N) is 3. The smallest absolute Gasteiger partial charge is 0.243 e. The van der Waals surface area contributed by atoms with E-state index in [1.165, 1.54) is 12.4 Å². The second-order valence-electron chi connectivity index (χ2n) is 4.01. The predicted molar refractivity (Wildman–Crippen MR) is 68.5 cm³/mol. The number of sulfonamides is 1. The molecule has 2 rings (SSSR count). The average molecular weight is 284 g/mol. The number of hydrogen-bond acceptors (Lipinski definition) is 5. The number of aryl methyl sites for hydroxylation is 1. The van der Waals surface area contributed by atoms with Gasteiger partial charge in [0.1, 0.15) is 4.90 Å². The van der Waals surface area contributed by atoms with E-state index in [9.17, 15) is 8.42 Å². The van der Waals surface area contributed by atoms with Crippen molar-refractivity contribution in [3.63, 3.8) is 0 Å². The molecule has 0 spiro atoms. The zero-order valence-corrected chi connectivity index (χ0v) is 11.1. The van der Waals surface area contributed by atoms with E-state index in [0.717, 1.165) is 12.0 Å². The van der Waals surface area contributed by atoms with Crippen molar-refractivity contribution in [3.8, 4) is 0 Å². The highest BCUT2D eigenvalue weighted by atomic mass is 32.2. The molecule has 104 valence electrons. The van der Waals surface area contributed by atoms with Crippen LogP contribution in [0, 0.1) is 0 Å². The highest BCUT2D eigenvalue weighted by Crippen LogP contribution is 2.08. The lowest BCUT2D eigenvalue weighted by molar-refractivity contribution is 0.576. The Labute approximate surface area is 111 Å². The molecule has 0 amide bonds. The maximum Gasteiger partial charge on any atom is 0.243 e. The Morgan fingerprint density at radius 1 is 1.42 bits per heavy atom. The van der Waals surface area contributed by atoms with Crippen LogP contribution >= 0.6 is 0 Å². The second-order valence-corrected chi connectivity index (χ2v) is 5.78. The lowest BCUT2D eigenvalue weighted by Crippen LogP contribution is -2.22. The molecule has 0 atom stereocenters. The normalized spacial score (nSPS) is 11.8. The Morgan fingerprint density at radius 3 is 2.95 bits per heavy atom. The SMILES string of the molecule is NCCCn1cc(S(=O)(=O)NCc2cn[nH]c2)cn1. The molecule has 0 aliphatic rings. The van der Waals surface area contributed by atoms with Crippen LogP contribution < -0.4 is 10.5 Å². The van der Waals surface area contributed by atoms with E-state index in [-0.39, 0.29) is 11.4 Å². The predicted octanol–water partition coefficient (Wildman–Crippen LogP) is -0.566. The van der Waals surface area contributed by atoms with Gasteiger partial charge in [-0.3, -0.25) is 9.78 Å². The van der Waals surface area contributed by atoms with Crippen LogP contribution in [0.25, 0.3) is 0 Å². The maximum atomic E-state index is 12.0. The summed E-state index contributed by atoms with van der Waals surface area (Å²) in [6.45, 7) is 1.33. The minimum absolute atomic E-state index is 0.146. The number of hydrogen-bond donors (Lipinski definition) is 3. The van der Waals surface area contributed by atoms with Crippen LogP contribution in [-0.2, 0) is 23.1 Å². The molecule has 0 saturated carbocycles. The molecule has 0 radical (unpaired) electrons. The van der Waals surface area contributed by atoms with Gasteiger partial charge in [-0.2, -0.15) is 10.2 Å². The van der Waals surface area contributed by atoms with Crippen molar-refractivity contribution in [3.05, 3.63) is 30.4 Å². The Kier molecular flexibility index (Phi) is 4.30. The molecule has 0 aliphatic carbocycles. The lowest BCUT2D eigenvalue weighted by atomic mass is 10.4. The standard InChI is InChI=1S/C10H16N6O2S/c11-2-1-3-16-8-10(7-14-16)19(17,18)15-6-9-4-12-13-5-9/h4-5,7-8,15H,1-3,6,11H2,(H,12,13). The van der Waals surface area contributed by atoms with Gasteiger partial charge in [0.05, 0.1) is 12.4 Å². The summed E-state index contributed by atoms with van der Waals surface area (Å²) in [4.78, 5) is 0.146. The van der Waals surface area contributed by atoms with Crippen LogP contribution in [0.5, 0.6) is 0 Å². The minimum atomic E-state index is -3.55. The van der Waals surface area contributed by atoms with E-state index in [1.807, 2.05) is 0 Å². The molecule has 4 N–H and O–H groups in total. The van der Waals surface area contributed by atoms with Gasteiger partial charge in [0.2, 0.25) is 10.0 Å². The monoisotopic (exact) mass is 284 g/mol. The summed E-state index contributed by atoms with van der Waals surface area (Å²) >= 11 is 0. The van der Waals surface area contributed by atoms with Crippen molar-refractivity contribution < 1.29 is 8.42 Å². The fourth-order valence-electron chi connectivity index (χ4n) is 1.49. The number of rotatable bonds is 7. The summed E-state index contributed by atoms with van der Waals surface area (Å²) in [5.41, 5.74) is 6.15. The molecular formula is C10H16N6O2S. The first-order valence-electron chi connectivity index (χ1n) is 5.81. The minimum Gasteiger partial charge on any atom is -0.330 e. The summed E-state index contributed by atoms with van der Waals surface area (Å²) in [5, 5.41) is 10.4. The third kappa shape index (κ3) is 3.63. The van der Waals surface area contributed by atoms with Gasteiger partial charge in [-0.25, -0.2) is 13.1 Å². The van der Waals surface area contributed by atoms with Crippen molar-refractivity contribution in [2.45, 2.75) is 24.4 Å². The second kappa shape index (κ2) is 5.95. The van der Waals surface area contributed by atoms with E-state index >= 15 is 0 Å². The van der Waals surface area contributed by atoms with Crippen molar-refractivity contribution >= 4 is 10.0 Å². The number of aromatic amines is 1. The number of aromatic nitrogens is 4. The molecule has 0 bridgehead atoms. The van der Waals surface area contributed by atoms with Crippen molar-refractivity contribution in [2.24, 2.45) is 5.73 Å². The van der Waals surface area contributed by atoms with Gasteiger partial charge in [0.25, 0.3) is 0 Å². The van der Waals surface area contributed by atoms with Crippen LogP contribution in [0.4, 0.5) is 0 Å². The third-order valence-electron chi connectivity index (χ3n) is 2.53. The largest absolute Gasteiger partial charge is 0.330 e. The van der Waals surface area contributed by atoms with Gasteiger partial charge < -0.3 is 5.73 Å². The van der Waals surface area contributed by atoms with Gasteiger partial charge in [-0.15, -0.1) is 0 Å². The van der Waals surface area contributed by atoms with Gasteiger partial charge in [-0.05, 0) is 13.0 Å². The van der Waals surface area contributed by atoms with Crippen molar-refractivity contribution in [2.75, 3.05) is 6.54 Å². The van der Waals surface area contributed by atoms with Crippen LogP contribution in [0.3, 0.4) is 0 Å². The fraction of sp³-hybridized carbons (Fsp3) is 0.400. The summed E-state index contributed by atoms with van der Waals surface area (Å²) in [5.74, 6) is 0. The van der Waals surface area contributed by atoms with Gasteiger partial charge in [-0.1, -0.05) is 0 Å². The highest BCUT2D eigenvalue weighted by molar-refractivity contribution is 7.89. The molecular weight excluding hydrogens is 268 g/mol. The first-order chi connectivity index (χ1) is 9.12. The molecule has 8 nitrogen and oxygen atoms in total. The van der Waals surface area contributed by atoms with E-state index in [4.69, 9.17) is 5.73 Å². The lowest BCUT2D eigenvalue weighted by Gasteiger charge is -2.02.